The molecule has 0 amide bonds. The lowest BCUT2D eigenvalue weighted by Crippen LogP contribution is -2.11. The van der Waals surface area contributed by atoms with Gasteiger partial charge in [0.25, 0.3) is 6.43 Å². The van der Waals surface area contributed by atoms with Gasteiger partial charge in [-0.3, -0.25) is 4.79 Å². The van der Waals surface area contributed by atoms with E-state index in [-0.39, 0.29) is 17.5 Å². The van der Waals surface area contributed by atoms with Crippen LogP contribution in [0.5, 0.6) is 5.75 Å². The van der Waals surface area contributed by atoms with E-state index in [1.54, 1.807) is 22.8 Å². The maximum absolute atomic E-state index is 12.4. The van der Waals surface area contributed by atoms with Gasteiger partial charge in [0, 0.05) is 17.2 Å². The van der Waals surface area contributed by atoms with Crippen molar-refractivity contribution in [2.45, 2.75) is 13.2 Å². The first kappa shape index (κ1) is 20.0. The molecule has 25 heavy (non-hydrogen) atoms. The maximum Gasteiger partial charge on any atom is 0.272 e. The van der Waals surface area contributed by atoms with Crippen LogP contribution in [0, 0.1) is 0 Å². The van der Waals surface area contributed by atoms with Crippen molar-refractivity contribution >= 4 is 38.8 Å². The highest BCUT2D eigenvalue weighted by molar-refractivity contribution is 8.32. The fourth-order valence-corrected chi connectivity index (χ4v) is 3.10. The normalized spacial score (nSPS) is 12.8. The molecular weight excluding hydrogens is 372 g/mol. The van der Waals surface area contributed by atoms with Gasteiger partial charge in [-0.2, -0.15) is 0 Å². The van der Waals surface area contributed by atoms with Gasteiger partial charge in [-0.25, -0.2) is 18.8 Å². The molecule has 0 aliphatic carbocycles. The molecule has 1 aromatic heterocycles. The minimum Gasteiger partial charge on any atom is -0.486 e. The van der Waals surface area contributed by atoms with E-state index in [2.05, 4.69) is 18.8 Å². The van der Waals surface area contributed by atoms with Crippen LogP contribution in [0.4, 0.5) is 8.78 Å². The Morgan fingerprint density at radius 3 is 2.60 bits per heavy atom. The van der Waals surface area contributed by atoms with Crippen LogP contribution in [-0.2, 0) is 11.5 Å². The van der Waals surface area contributed by atoms with Crippen LogP contribution in [0.2, 0.25) is 5.02 Å². The molecule has 0 saturated carbocycles. The second kappa shape index (κ2) is 8.38. The van der Waals surface area contributed by atoms with Crippen LogP contribution in [0.25, 0.3) is 10.9 Å². The number of hydrogen-bond acceptors (Lipinski definition) is 3. The smallest absolute Gasteiger partial charge is 0.272 e. The first-order chi connectivity index (χ1) is 11.7. The van der Waals surface area contributed by atoms with Gasteiger partial charge in [-0.1, -0.05) is 11.6 Å². The van der Waals surface area contributed by atoms with E-state index in [0.29, 0.717) is 17.8 Å². The molecule has 1 aromatic carbocycles. The molecule has 140 valence electrons. The third kappa shape index (κ3) is 5.59. The van der Waals surface area contributed by atoms with Gasteiger partial charge < -0.3 is 14.0 Å². The van der Waals surface area contributed by atoms with E-state index in [1.165, 1.54) is 0 Å². The molecule has 0 saturated heterocycles. The van der Waals surface area contributed by atoms with E-state index in [4.69, 9.17) is 21.1 Å². The van der Waals surface area contributed by atoms with Gasteiger partial charge in [0.15, 0.2) is 6.29 Å². The van der Waals surface area contributed by atoms with Crippen LogP contribution >= 0.6 is 21.6 Å². The summed E-state index contributed by atoms with van der Waals surface area (Å²) < 4.78 is 37.2. The van der Waals surface area contributed by atoms with Gasteiger partial charge in [0.2, 0.25) is 0 Å². The number of carbonyl (C=O) groups excluding carboxylic acids is 1. The lowest BCUT2D eigenvalue weighted by Gasteiger charge is -2.24. The summed E-state index contributed by atoms with van der Waals surface area (Å²) in [7, 11) is -0.663. The second-order valence-electron chi connectivity index (χ2n) is 6.49. The highest BCUT2D eigenvalue weighted by Gasteiger charge is 2.14. The number of rotatable bonds is 9. The number of aromatic nitrogens is 1. The van der Waals surface area contributed by atoms with E-state index < -0.39 is 23.1 Å². The van der Waals surface area contributed by atoms with E-state index in [9.17, 15) is 13.6 Å². The molecule has 2 rings (SSSR count). The fraction of sp³-hybridized carbons (Fsp3) is 0.471. The Balaban J connectivity index is 2.24. The summed E-state index contributed by atoms with van der Waals surface area (Å²) in [6.07, 6.45) is 4.74. The molecule has 0 unspecified atom stereocenters. The average molecular weight is 394 g/mol. The first-order valence-corrected chi connectivity index (χ1v) is 11.0. The monoisotopic (exact) mass is 393 g/mol. The van der Waals surface area contributed by atoms with Gasteiger partial charge >= 0.3 is 0 Å². The van der Waals surface area contributed by atoms with Gasteiger partial charge in [-0.15, -0.1) is 0 Å². The van der Waals surface area contributed by atoms with Crippen molar-refractivity contribution in [3.8, 4) is 5.75 Å². The van der Waals surface area contributed by atoms with Crippen LogP contribution in [0.15, 0.2) is 18.2 Å². The third-order valence-corrected chi connectivity index (χ3v) is 5.22. The van der Waals surface area contributed by atoms with Crippen molar-refractivity contribution in [2.75, 3.05) is 37.7 Å². The topological polar surface area (TPSA) is 40.5 Å². The highest BCUT2D eigenvalue weighted by Crippen LogP contribution is 2.34. The highest BCUT2D eigenvalue weighted by atomic mass is 35.5. The third-order valence-electron chi connectivity index (χ3n) is 3.53. The van der Waals surface area contributed by atoms with Crippen molar-refractivity contribution in [2.24, 2.45) is 0 Å². The number of halogens is 3. The number of hydrogen-bond donors (Lipinski definition) is 0. The number of carbonyl (C=O) groups is 1. The molecule has 0 radical (unpaired) electrons. The van der Waals surface area contributed by atoms with Crippen LogP contribution in [0.3, 0.4) is 0 Å². The molecule has 1 heterocycles. The molecule has 0 spiro atoms. The van der Waals surface area contributed by atoms with Crippen molar-refractivity contribution in [1.82, 2.24) is 4.57 Å². The Hall–Kier alpha value is -1.31. The summed E-state index contributed by atoms with van der Waals surface area (Å²) in [5, 5.41) is 0.946. The van der Waals surface area contributed by atoms with Gasteiger partial charge in [0.05, 0.1) is 22.8 Å². The standard InChI is InChI=1S/C17H22ClF2NO3S/c1-25(2,3)5-4-23-11-21-13(9-22)6-12-7-14(18)16(8-15(12)21)24-10-17(19)20/h6-9,17H,4-5,10-11H2,1-3H3. The molecule has 0 N–H and O–H groups in total. The molecule has 2 aromatic rings. The van der Waals surface area contributed by atoms with Crippen LogP contribution in [-0.4, -0.2) is 55.0 Å². The van der Waals surface area contributed by atoms with Crippen LogP contribution < -0.4 is 4.74 Å². The van der Waals surface area contributed by atoms with E-state index in [1.807, 2.05) is 0 Å². The Labute approximate surface area is 152 Å². The summed E-state index contributed by atoms with van der Waals surface area (Å²) in [4.78, 5) is 11.3. The Morgan fingerprint density at radius 2 is 2.00 bits per heavy atom. The number of nitrogens with zero attached hydrogens (tertiary/aromatic N) is 1. The Bertz CT molecular complexity index is 744. The van der Waals surface area contributed by atoms with E-state index >= 15 is 0 Å². The summed E-state index contributed by atoms with van der Waals surface area (Å²) in [6.45, 7) is 0.0411. The summed E-state index contributed by atoms with van der Waals surface area (Å²) in [5.41, 5.74) is 1.08. The summed E-state index contributed by atoms with van der Waals surface area (Å²) in [6, 6.07) is 4.84. The minimum atomic E-state index is -2.59. The molecule has 0 aliphatic rings. The van der Waals surface area contributed by atoms with Gasteiger partial charge in [-0.05, 0) is 30.9 Å². The largest absolute Gasteiger partial charge is 0.486 e. The molecule has 0 atom stereocenters. The zero-order chi connectivity index (χ0) is 18.6. The lowest BCUT2D eigenvalue weighted by atomic mass is 10.2. The average Bonchev–Trinajstić information content (AvgIpc) is 2.84. The Morgan fingerprint density at radius 1 is 1.28 bits per heavy atom. The van der Waals surface area contributed by atoms with Gasteiger partial charge in [0.1, 0.15) is 19.1 Å². The maximum atomic E-state index is 12.4. The predicted molar refractivity (Wildman–Crippen MR) is 100 cm³/mol. The van der Waals surface area contributed by atoms with E-state index in [0.717, 1.165) is 17.4 Å². The zero-order valence-electron chi connectivity index (χ0n) is 14.4. The van der Waals surface area contributed by atoms with Crippen molar-refractivity contribution in [3.05, 3.63) is 28.9 Å². The van der Waals surface area contributed by atoms with Crippen molar-refractivity contribution in [3.63, 3.8) is 0 Å². The number of aldehydes is 1. The van der Waals surface area contributed by atoms with Crippen LogP contribution in [0.1, 0.15) is 10.5 Å². The second-order valence-corrected chi connectivity index (χ2v) is 11.5. The quantitative estimate of drug-likeness (QED) is 0.467. The summed E-state index contributed by atoms with van der Waals surface area (Å²) in [5.74, 6) is 1.11. The predicted octanol–water partition coefficient (Wildman–Crippen LogP) is 4.42. The number of fused-ring (bicyclic) bond motifs is 1. The number of benzene rings is 1. The Kier molecular flexibility index (Phi) is 6.71. The first-order valence-electron chi connectivity index (χ1n) is 7.64. The van der Waals surface area contributed by atoms with Crippen molar-refractivity contribution in [1.29, 1.82) is 0 Å². The molecule has 8 heteroatoms. The molecule has 0 fully saturated rings. The number of ether oxygens (including phenoxy) is 2. The molecule has 4 nitrogen and oxygen atoms in total. The zero-order valence-corrected chi connectivity index (χ0v) is 16.0. The SMILES string of the molecule is CS(C)(C)CCOCn1c(C=O)cc2cc(Cl)c(OCC(F)F)cc21. The molecular formula is C17H22ClF2NO3S. The summed E-state index contributed by atoms with van der Waals surface area (Å²) >= 11 is 6.07. The van der Waals surface area contributed by atoms with Crippen molar-refractivity contribution < 1.29 is 23.0 Å². The number of alkyl halides is 2. The molecule has 0 aliphatic heterocycles. The fourth-order valence-electron chi connectivity index (χ4n) is 2.25. The molecule has 0 bridgehead atoms. The minimum absolute atomic E-state index is 0.158. The lowest BCUT2D eigenvalue weighted by molar-refractivity contribution is 0.0817.